The molecule has 7 heteroatoms. The van der Waals surface area contributed by atoms with E-state index in [9.17, 15) is 9.59 Å². The predicted octanol–water partition coefficient (Wildman–Crippen LogP) is 2.52. The minimum Gasteiger partial charge on any atom is -0.459 e. The fraction of sp³-hybridized carbons (Fsp3) is 0.250. The minimum absolute atomic E-state index is 0.172. The first-order valence-corrected chi connectivity index (χ1v) is 8.70. The van der Waals surface area contributed by atoms with Crippen LogP contribution in [0.1, 0.15) is 34.4 Å². The summed E-state index contributed by atoms with van der Waals surface area (Å²) in [4.78, 5) is 24.3. The molecule has 1 aromatic carbocycles. The molecule has 0 aliphatic rings. The maximum atomic E-state index is 12.3. The topological polar surface area (TPSA) is 89.2 Å². The van der Waals surface area contributed by atoms with Crippen molar-refractivity contribution >= 4 is 11.8 Å². The smallest absolute Gasteiger partial charge is 0.287 e. The van der Waals surface area contributed by atoms with Gasteiger partial charge in [-0.1, -0.05) is 18.2 Å². The van der Waals surface area contributed by atoms with Gasteiger partial charge in [0.25, 0.3) is 5.91 Å². The maximum absolute atomic E-state index is 12.3. The molecule has 1 atom stereocenters. The van der Waals surface area contributed by atoms with Crippen LogP contribution in [0.3, 0.4) is 0 Å². The molecule has 0 unspecified atom stereocenters. The van der Waals surface area contributed by atoms with Gasteiger partial charge in [-0.3, -0.25) is 9.59 Å². The summed E-state index contributed by atoms with van der Waals surface area (Å²) in [5, 5.41) is 10.0. The summed E-state index contributed by atoms with van der Waals surface area (Å²) in [6.45, 7) is 5.85. The zero-order chi connectivity index (χ0) is 19.4. The van der Waals surface area contributed by atoms with Crippen LogP contribution in [0.2, 0.25) is 0 Å². The zero-order valence-corrected chi connectivity index (χ0v) is 15.5. The van der Waals surface area contributed by atoms with Gasteiger partial charge in [-0.05, 0) is 45.0 Å². The van der Waals surface area contributed by atoms with Gasteiger partial charge in [-0.2, -0.15) is 5.10 Å². The van der Waals surface area contributed by atoms with Gasteiger partial charge in [0.1, 0.15) is 6.04 Å². The molecule has 27 heavy (non-hydrogen) atoms. The molecule has 2 amide bonds. The number of aryl methyl sites for hydroxylation is 1. The highest BCUT2D eigenvalue weighted by Gasteiger charge is 2.19. The largest absolute Gasteiger partial charge is 0.459 e. The Morgan fingerprint density at radius 3 is 2.56 bits per heavy atom. The van der Waals surface area contributed by atoms with Crippen LogP contribution < -0.4 is 10.6 Å². The van der Waals surface area contributed by atoms with E-state index in [2.05, 4.69) is 15.7 Å². The Kier molecular flexibility index (Phi) is 5.40. The Balaban J connectivity index is 1.63. The first kappa shape index (κ1) is 18.4. The molecule has 0 bridgehead atoms. The van der Waals surface area contributed by atoms with Gasteiger partial charge >= 0.3 is 0 Å². The molecular formula is C20H22N4O3. The highest BCUT2D eigenvalue weighted by molar-refractivity contribution is 5.95. The Bertz CT molecular complexity index is 930. The number of furan rings is 1. The molecule has 0 radical (unpaired) electrons. The highest BCUT2D eigenvalue weighted by Crippen LogP contribution is 2.17. The Hall–Kier alpha value is -3.35. The van der Waals surface area contributed by atoms with E-state index in [4.69, 9.17) is 4.42 Å². The van der Waals surface area contributed by atoms with Crippen molar-refractivity contribution in [2.75, 3.05) is 0 Å². The molecule has 140 valence electrons. The fourth-order valence-electron chi connectivity index (χ4n) is 2.82. The third-order valence-corrected chi connectivity index (χ3v) is 4.37. The number of amides is 2. The zero-order valence-electron chi connectivity index (χ0n) is 15.5. The van der Waals surface area contributed by atoms with Gasteiger partial charge in [-0.15, -0.1) is 0 Å². The molecule has 2 N–H and O–H groups in total. The number of rotatable bonds is 6. The van der Waals surface area contributed by atoms with E-state index in [1.165, 1.54) is 6.26 Å². The molecule has 0 aliphatic carbocycles. The summed E-state index contributed by atoms with van der Waals surface area (Å²) < 4.78 is 6.89. The van der Waals surface area contributed by atoms with Gasteiger partial charge in [0, 0.05) is 17.8 Å². The van der Waals surface area contributed by atoms with Crippen molar-refractivity contribution in [3.05, 3.63) is 71.4 Å². The summed E-state index contributed by atoms with van der Waals surface area (Å²) in [6.07, 6.45) is 1.41. The van der Waals surface area contributed by atoms with Crippen LogP contribution in [0.25, 0.3) is 5.69 Å². The van der Waals surface area contributed by atoms with Crippen molar-refractivity contribution in [2.24, 2.45) is 0 Å². The average Bonchev–Trinajstić information content (AvgIpc) is 3.29. The molecule has 2 aromatic heterocycles. The third kappa shape index (κ3) is 4.08. The number of nitrogens with zero attached hydrogens (tertiary/aromatic N) is 2. The summed E-state index contributed by atoms with van der Waals surface area (Å²) >= 11 is 0. The molecule has 3 aromatic rings. The predicted molar refractivity (Wildman–Crippen MR) is 101 cm³/mol. The lowest BCUT2D eigenvalue weighted by atomic mass is 10.2. The Labute approximate surface area is 157 Å². The van der Waals surface area contributed by atoms with Crippen molar-refractivity contribution in [3.8, 4) is 5.69 Å². The van der Waals surface area contributed by atoms with Crippen LogP contribution in [0.5, 0.6) is 0 Å². The summed E-state index contributed by atoms with van der Waals surface area (Å²) in [5.41, 5.74) is 3.74. The molecule has 0 fully saturated rings. The minimum atomic E-state index is -0.688. The molecule has 3 rings (SSSR count). The van der Waals surface area contributed by atoms with Gasteiger partial charge in [0.15, 0.2) is 5.76 Å². The molecule has 0 saturated heterocycles. The molecule has 0 saturated carbocycles. The molecule has 7 nitrogen and oxygen atoms in total. The van der Waals surface area contributed by atoms with Gasteiger partial charge < -0.3 is 15.1 Å². The monoisotopic (exact) mass is 366 g/mol. The standard InChI is InChI=1S/C20H22N4O3/c1-13-17(15(3)24(23-13)16-8-5-4-6-9-16)12-21-19(25)14(2)22-20(26)18-10-7-11-27-18/h4-11,14H,12H2,1-3H3,(H,21,25)(H,22,26)/t14-/m1/s1. The maximum Gasteiger partial charge on any atom is 0.287 e. The highest BCUT2D eigenvalue weighted by atomic mass is 16.3. The van der Waals surface area contributed by atoms with Gasteiger partial charge in [0.2, 0.25) is 5.91 Å². The molecular weight excluding hydrogens is 344 g/mol. The van der Waals surface area contributed by atoms with Crippen LogP contribution in [0, 0.1) is 13.8 Å². The van der Waals surface area contributed by atoms with E-state index in [1.807, 2.05) is 48.9 Å². The van der Waals surface area contributed by atoms with Crippen molar-refractivity contribution < 1.29 is 14.0 Å². The van der Waals surface area contributed by atoms with Crippen LogP contribution in [-0.2, 0) is 11.3 Å². The lowest BCUT2D eigenvalue weighted by Crippen LogP contribution is -2.44. The van der Waals surface area contributed by atoms with E-state index in [-0.39, 0.29) is 11.7 Å². The van der Waals surface area contributed by atoms with Crippen LogP contribution in [-0.4, -0.2) is 27.6 Å². The average molecular weight is 366 g/mol. The third-order valence-electron chi connectivity index (χ3n) is 4.37. The van der Waals surface area contributed by atoms with Crippen molar-refractivity contribution in [1.29, 1.82) is 0 Å². The Morgan fingerprint density at radius 2 is 1.89 bits per heavy atom. The second-order valence-corrected chi connectivity index (χ2v) is 6.29. The normalized spacial score (nSPS) is 11.8. The SMILES string of the molecule is Cc1nn(-c2ccccc2)c(C)c1CNC(=O)[C@@H](C)NC(=O)c1ccco1. The van der Waals surface area contributed by atoms with E-state index < -0.39 is 11.9 Å². The number of benzene rings is 1. The number of carbonyl (C=O) groups excluding carboxylic acids is 2. The Morgan fingerprint density at radius 1 is 1.15 bits per heavy atom. The van der Waals surface area contributed by atoms with E-state index in [1.54, 1.807) is 19.1 Å². The van der Waals surface area contributed by atoms with Crippen molar-refractivity contribution in [2.45, 2.75) is 33.4 Å². The lowest BCUT2D eigenvalue weighted by Gasteiger charge is -2.13. The van der Waals surface area contributed by atoms with Crippen LogP contribution in [0.15, 0.2) is 53.1 Å². The summed E-state index contributed by atoms with van der Waals surface area (Å²) in [6, 6.07) is 12.3. The summed E-state index contributed by atoms with van der Waals surface area (Å²) in [5.74, 6) is -0.529. The van der Waals surface area contributed by atoms with Crippen molar-refractivity contribution in [3.63, 3.8) is 0 Å². The van der Waals surface area contributed by atoms with E-state index >= 15 is 0 Å². The summed E-state index contributed by atoms with van der Waals surface area (Å²) in [7, 11) is 0. The number of hydrogen-bond acceptors (Lipinski definition) is 4. The number of nitrogens with one attached hydrogen (secondary N) is 2. The number of hydrogen-bond donors (Lipinski definition) is 2. The van der Waals surface area contributed by atoms with Gasteiger partial charge in [0.05, 0.1) is 17.6 Å². The van der Waals surface area contributed by atoms with E-state index in [0.29, 0.717) is 6.54 Å². The second-order valence-electron chi connectivity index (χ2n) is 6.29. The first-order valence-electron chi connectivity index (χ1n) is 8.70. The molecule has 0 spiro atoms. The van der Waals surface area contributed by atoms with Crippen LogP contribution >= 0.6 is 0 Å². The fourth-order valence-corrected chi connectivity index (χ4v) is 2.82. The lowest BCUT2D eigenvalue weighted by molar-refractivity contribution is -0.122. The van der Waals surface area contributed by atoms with E-state index in [0.717, 1.165) is 22.6 Å². The first-order chi connectivity index (χ1) is 13.0. The van der Waals surface area contributed by atoms with Gasteiger partial charge in [-0.25, -0.2) is 4.68 Å². The second kappa shape index (κ2) is 7.90. The molecule has 0 aliphatic heterocycles. The molecule has 2 heterocycles. The van der Waals surface area contributed by atoms with Crippen LogP contribution in [0.4, 0.5) is 0 Å². The van der Waals surface area contributed by atoms with Crippen molar-refractivity contribution in [1.82, 2.24) is 20.4 Å². The number of carbonyl (C=O) groups is 2. The number of para-hydroxylation sites is 1. The number of aromatic nitrogens is 2. The quantitative estimate of drug-likeness (QED) is 0.701.